The molecule has 1 amide bonds. The maximum absolute atomic E-state index is 11.4. The van der Waals surface area contributed by atoms with Gasteiger partial charge >= 0.3 is 0 Å². The molecule has 1 aromatic rings. The zero-order valence-electron chi connectivity index (χ0n) is 11.6. The van der Waals surface area contributed by atoms with Crippen LogP contribution in [0.15, 0.2) is 5.16 Å². The summed E-state index contributed by atoms with van der Waals surface area (Å²) in [5.74, 6) is 5.95. The zero-order valence-corrected chi connectivity index (χ0v) is 12.4. The van der Waals surface area contributed by atoms with Gasteiger partial charge in [-0.3, -0.25) is 14.8 Å². The van der Waals surface area contributed by atoms with Crippen LogP contribution in [-0.2, 0) is 9.53 Å². The van der Waals surface area contributed by atoms with Gasteiger partial charge in [0.25, 0.3) is 5.91 Å². The fraction of sp³-hybridized carbons (Fsp3) is 0.727. The molecule has 1 fully saturated rings. The van der Waals surface area contributed by atoms with Crippen LogP contribution in [0.5, 0.6) is 0 Å². The van der Waals surface area contributed by atoms with Gasteiger partial charge in [0.15, 0.2) is 5.16 Å². The first-order valence-electron chi connectivity index (χ1n) is 6.52. The predicted molar refractivity (Wildman–Crippen MR) is 75.8 cm³/mol. The minimum atomic E-state index is -0.446. The van der Waals surface area contributed by atoms with Crippen LogP contribution in [0.25, 0.3) is 0 Å². The second-order valence-corrected chi connectivity index (χ2v) is 5.94. The molecule has 2 unspecified atom stereocenters. The second kappa shape index (κ2) is 6.42. The number of nitrogens with two attached hydrogens (primary N) is 2. The number of aromatic nitrogens is 3. The molecule has 0 saturated carbocycles. The summed E-state index contributed by atoms with van der Waals surface area (Å²) in [5, 5.41) is 8.72. The summed E-state index contributed by atoms with van der Waals surface area (Å²) in [4.78, 5) is 11.4. The lowest BCUT2D eigenvalue weighted by molar-refractivity contribution is -0.131. The summed E-state index contributed by atoms with van der Waals surface area (Å²) in [5.41, 5.74) is 7.90. The molecule has 1 aliphatic rings. The van der Waals surface area contributed by atoms with E-state index in [-0.39, 0.29) is 18.1 Å². The highest BCUT2D eigenvalue weighted by molar-refractivity contribution is 7.99. The fourth-order valence-electron chi connectivity index (χ4n) is 2.15. The van der Waals surface area contributed by atoms with Crippen LogP contribution in [0.4, 0.5) is 5.95 Å². The maximum Gasteiger partial charge on any atom is 0.263 e. The number of amides is 1. The number of nitrogens with zero attached hydrogens (tertiary/aromatic N) is 3. The third kappa shape index (κ3) is 3.22. The lowest BCUT2D eigenvalue weighted by atomic mass is 10.2. The molecule has 0 spiro atoms. The Morgan fingerprint density at radius 2 is 2.30 bits per heavy atom. The van der Waals surface area contributed by atoms with Gasteiger partial charge in [-0.05, 0) is 26.7 Å². The number of ether oxygens (including phenoxy) is 1. The smallest absolute Gasteiger partial charge is 0.263 e. The normalized spacial score (nSPS) is 22.4. The van der Waals surface area contributed by atoms with Gasteiger partial charge in [0.05, 0.1) is 6.10 Å². The van der Waals surface area contributed by atoms with Crippen molar-refractivity contribution >= 4 is 23.6 Å². The van der Waals surface area contributed by atoms with E-state index in [0.717, 1.165) is 11.6 Å². The van der Waals surface area contributed by atoms with Crippen molar-refractivity contribution < 1.29 is 9.53 Å². The van der Waals surface area contributed by atoms with E-state index in [4.69, 9.17) is 16.3 Å². The minimum absolute atomic E-state index is 0.0147. The summed E-state index contributed by atoms with van der Waals surface area (Å²) in [7, 11) is 0. The van der Waals surface area contributed by atoms with Crippen LogP contribution in [-0.4, -0.2) is 38.6 Å². The zero-order chi connectivity index (χ0) is 14.7. The first kappa shape index (κ1) is 15.1. The lowest BCUT2D eigenvalue weighted by Gasteiger charge is -2.14. The van der Waals surface area contributed by atoms with Crippen LogP contribution in [0.3, 0.4) is 0 Å². The molecule has 2 heterocycles. The van der Waals surface area contributed by atoms with Gasteiger partial charge in [0.1, 0.15) is 6.10 Å². The Hall–Kier alpha value is -1.32. The Morgan fingerprint density at radius 3 is 2.95 bits per heavy atom. The SMILES string of the molecule is CC(C)n1c(N)nnc1SCC1CCC(C(=O)NN)O1. The van der Waals surface area contributed by atoms with Crippen LogP contribution in [0, 0.1) is 0 Å². The molecule has 112 valence electrons. The van der Waals surface area contributed by atoms with E-state index in [1.54, 1.807) is 0 Å². The molecule has 2 atom stereocenters. The number of hydrogen-bond acceptors (Lipinski definition) is 7. The van der Waals surface area contributed by atoms with Crippen molar-refractivity contribution in [3.63, 3.8) is 0 Å². The van der Waals surface area contributed by atoms with Gasteiger partial charge in [0, 0.05) is 11.8 Å². The van der Waals surface area contributed by atoms with Crippen LogP contribution < -0.4 is 17.0 Å². The van der Waals surface area contributed by atoms with Crippen molar-refractivity contribution in [2.45, 2.75) is 50.1 Å². The quantitative estimate of drug-likeness (QED) is 0.304. The van der Waals surface area contributed by atoms with Crippen LogP contribution >= 0.6 is 11.8 Å². The maximum atomic E-state index is 11.4. The highest BCUT2D eigenvalue weighted by Gasteiger charge is 2.30. The molecular weight excluding hydrogens is 280 g/mol. The Kier molecular flexibility index (Phi) is 4.84. The van der Waals surface area contributed by atoms with E-state index >= 15 is 0 Å². The summed E-state index contributed by atoms with van der Waals surface area (Å²) >= 11 is 1.54. The van der Waals surface area contributed by atoms with Crippen LogP contribution in [0.1, 0.15) is 32.7 Å². The van der Waals surface area contributed by atoms with E-state index in [1.807, 2.05) is 18.4 Å². The summed E-state index contributed by atoms with van der Waals surface area (Å²) in [6.07, 6.45) is 1.09. The van der Waals surface area contributed by atoms with Crippen molar-refractivity contribution in [2.24, 2.45) is 5.84 Å². The standard InChI is InChI=1S/C11H20N6O2S/c1-6(2)17-10(12)15-16-11(17)20-5-7-3-4-8(19-7)9(18)14-13/h6-8H,3-5,13H2,1-2H3,(H2,12,15)(H,14,18). The van der Waals surface area contributed by atoms with E-state index in [9.17, 15) is 4.79 Å². The molecule has 8 nitrogen and oxygen atoms in total. The number of thioether (sulfide) groups is 1. The third-order valence-corrected chi connectivity index (χ3v) is 4.22. The average Bonchev–Trinajstić information content (AvgIpc) is 3.02. The molecule has 0 aliphatic carbocycles. The molecule has 1 aliphatic heterocycles. The van der Waals surface area contributed by atoms with Crippen molar-refractivity contribution in [3.05, 3.63) is 0 Å². The first-order valence-corrected chi connectivity index (χ1v) is 7.50. The van der Waals surface area contributed by atoms with Crippen molar-refractivity contribution in [3.8, 4) is 0 Å². The number of nitrogens with one attached hydrogen (secondary N) is 1. The highest BCUT2D eigenvalue weighted by Crippen LogP contribution is 2.28. The Labute approximate surface area is 121 Å². The molecule has 20 heavy (non-hydrogen) atoms. The highest BCUT2D eigenvalue weighted by atomic mass is 32.2. The monoisotopic (exact) mass is 300 g/mol. The molecule has 1 saturated heterocycles. The van der Waals surface area contributed by atoms with Gasteiger partial charge in [-0.25, -0.2) is 5.84 Å². The summed E-state index contributed by atoms with van der Waals surface area (Å²) in [6.45, 7) is 4.05. The minimum Gasteiger partial charge on any atom is -0.368 e. The van der Waals surface area contributed by atoms with E-state index in [0.29, 0.717) is 18.1 Å². The second-order valence-electron chi connectivity index (χ2n) is 4.95. The topological polar surface area (TPSA) is 121 Å². The average molecular weight is 300 g/mol. The molecule has 0 radical (unpaired) electrons. The largest absolute Gasteiger partial charge is 0.368 e. The van der Waals surface area contributed by atoms with Crippen LogP contribution in [0.2, 0.25) is 0 Å². The number of carbonyl (C=O) groups excluding carboxylic acids is 1. The number of carbonyl (C=O) groups is 1. The first-order chi connectivity index (χ1) is 9.52. The van der Waals surface area contributed by atoms with Crippen molar-refractivity contribution in [1.82, 2.24) is 20.2 Å². The van der Waals surface area contributed by atoms with E-state index < -0.39 is 6.10 Å². The van der Waals surface area contributed by atoms with Crippen molar-refractivity contribution in [1.29, 1.82) is 0 Å². The lowest BCUT2D eigenvalue weighted by Crippen LogP contribution is -2.39. The Morgan fingerprint density at radius 1 is 1.55 bits per heavy atom. The van der Waals surface area contributed by atoms with Gasteiger partial charge in [-0.15, -0.1) is 10.2 Å². The molecule has 9 heteroatoms. The molecular formula is C11H20N6O2S. The summed E-state index contributed by atoms with van der Waals surface area (Å²) < 4.78 is 7.52. The predicted octanol–water partition coefficient (Wildman–Crippen LogP) is 0.0708. The number of hydrogen-bond donors (Lipinski definition) is 3. The molecule has 2 rings (SSSR count). The number of rotatable bonds is 5. The number of anilines is 1. The Bertz CT molecular complexity index is 477. The Balaban J connectivity index is 1.89. The number of nitrogen functional groups attached to an aromatic ring is 1. The van der Waals surface area contributed by atoms with Crippen molar-refractivity contribution in [2.75, 3.05) is 11.5 Å². The van der Waals surface area contributed by atoms with Gasteiger partial charge in [0.2, 0.25) is 5.95 Å². The van der Waals surface area contributed by atoms with Gasteiger partial charge < -0.3 is 10.5 Å². The summed E-state index contributed by atoms with van der Waals surface area (Å²) in [6, 6.07) is 0.202. The molecule has 5 N–H and O–H groups in total. The van der Waals surface area contributed by atoms with Gasteiger partial charge in [-0.1, -0.05) is 11.8 Å². The molecule has 1 aromatic heterocycles. The number of hydrazine groups is 1. The van der Waals surface area contributed by atoms with E-state index in [1.165, 1.54) is 11.8 Å². The molecule has 0 aromatic carbocycles. The fourth-order valence-corrected chi connectivity index (χ4v) is 3.28. The van der Waals surface area contributed by atoms with E-state index in [2.05, 4.69) is 15.6 Å². The molecule has 0 bridgehead atoms. The third-order valence-electron chi connectivity index (χ3n) is 3.15. The van der Waals surface area contributed by atoms with Gasteiger partial charge in [-0.2, -0.15) is 0 Å².